The topological polar surface area (TPSA) is 49.9 Å². The molecule has 3 N–H and O–H groups in total. The van der Waals surface area contributed by atoms with Gasteiger partial charge in [0.1, 0.15) is 0 Å². The highest BCUT2D eigenvalue weighted by Crippen LogP contribution is 2.05. The van der Waals surface area contributed by atoms with Crippen molar-refractivity contribution in [3.8, 4) is 0 Å². The van der Waals surface area contributed by atoms with Crippen molar-refractivity contribution in [2.75, 3.05) is 0 Å². The first-order valence-electron chi connectivity index (χ1n) is 3.06. The van der Waals surface area contributed by atoms with Gasteiger partial charge in [-0.1, -0.05) is 13.8 Å². The molecule has 0 aliphatic rings. The molecule has 0 fully saturated rings. The van der Waals surface area contributed by atoms with Crippen LogP contribution in [0.15, 0.2) is 11.3 Å². The van der Waals surface area contributed by atoms with E-state index in [1.807, 2.05) is 20.8 Å². The van der Waals surface area contributed by atoms with Gasteiger partial charge < -0.3 is 11.1 Å². The zero-order valence-electron chi connectivity index (χ0n) is 6.23. The predicted octanol–water partition coefficient (Wildman–Crippen LogP) is 1.52. The smallest absolute Gasteiger partial charge is 0.0224 e. The van der Waals surface area contributed by atoms with E-state index in [0.29, 0.717) is 5.92 Å². The normalized spacial score (nSPS) is 13.3. The van der Waals surface area contributed by atoms with Crippen LogP contribution in [0.1, 0.15) is 20.8 Å². The quantitative estimate of drug-likeness (QED) is 0.541. The highest BCUT2D eigenvalue weighted by Gasteiger charge is 1.98. The number of nitrogens with two attached hydrogens (primary N) is 1. The van der Waals surface area contributed by atoms with Crippen LogP contribution in [0.5, 0.6) is 0 Å². The van der Waals surface area contributed by atoms with Gasteiger partial charge in [0.15, 0.2) is 0 Å². The van der Waals surface area contributed by atoms with Gasteiger partial charge in [0.2, 0.25) is 0 Å². The van der Waals surface area contributed by atoms with Crippen molar-refractivity contribution in [2.45, 2.75) is 20.8 Å². The fourth-order valence-corrected chi connectivity index (χ4v) is 0.539. The van der Waals surface area contributed by atoms with Crippen LogP contribution >= 0.6 is 0 Å². The second kappa shape index (κ2) is 3.28. The molecule has 2 heteroatoms. The molecule has 0 radical (unpaired) electrons. The lowest BCUT2D eigenvalue weighted by atomic mass is 10.1. The first-order valence-corrected chi connectivity index (χ1v) is 3.06. The van der Waals surface area contributed by atoms with Gasteiger partial charge in [0, 0.05) is 11.9 Å². The Hall–Kier alpha value is -0.790. The molecule has 0 atom stereocenters. The molecule has 2 nitrogen and oxygen atoms in total. The maximum atomic E-state index is 6.87. The molecular formula is C7H14N2. The second-order valence-corrected chi connectivity index (χ2v) is 2.44. The first kappa shape index (κ1) is 8.21. The Labute approximate surface area is 56.3 Å². The molecular weight excluding hydrogens is 112 g/mol. The van der Waals surface area contributed by atoms with Crippen LogP contribution < -0.4 is 5.73 Å². The molecule has 0 bridgehead atoms. The first-order chi connectivity index (χ1) is 4.09. The minimum atomic E-state index is 0.353. The van der Waals surface area contributed by atoms with Crippen molar-refractivity contribution in [1.29, 1.82) is 5.41 Å². The van der Waals surface area contributed by atoms with E-state index in [1.165, 1.54) is 6.21 Å². The maximum Gasteiger partial charge on any atom is 0.0224 e. The zero-order valence-corrected chi connectivity index (χ0v) is 6.23. The van der Waals surface area contributed by atoms with Crippen LogP contribution in [0.2, 0.25) is 0 Å². The minimum Gasteiger partial charge on any atom is -0.402 e. The SMILES string of the molecule is C/C(C=N)=C(/N)C(C)C. The lowest BCUT2D eigenvalue weighted by Crippen LogP contribution is -2.08. The van der Waals surface area contributed by atoms with E-state index in [4.69, 9.17) is 11.1 Å². The van der Waals surface area contributed by atoms with Gasteiger partial charge >= 0.3 is 0 Å². The van der Waals surface area contributed by atoms with Crippen molar-refractivity contribution in [3.05, 3.63) is 11.3 Å². The molecule has 0 aromatic rings. The van der Waals surface area contributed by atoms with Gasteiger partial charge in [-0.2, -0.15) is 0 Å². The summed E-state index contributed by atoms with van der Waals surface area (Å²) in [5.74, 6) is 0.353. The summed E-state index contributed by atoms with van der Waals surface area (Å²) in [6, 6.07) is 0. The molecule has 0 aromatic carbocycles. The van der Waals surface area contributed by atoms with E-state index in [9.17, 15) is 0 Å². The highest BCUT2D eigenvalue weighted by molar-refractivity contribution is 5.75. The summed E-state index contributed by atoms with van der Waals surface area (Å²) in [6.45, 7) is 5.88. The van der Waals surface area contributed by atoms with Crippen LogP contribution in [0.3, 0.4) is 0 Å². The lowest BCUT2D eigenvalue weighted by Gasteiger charge is -2.05. The van der Waals surface area contributed by atoms with E-state index in [-0.39, 0.29) is 0 Å². The van der Waals surface area contributed by atoms with E-state index >= 15 is 0 Å². The molecule has 0 aromatic heterocycles. The monoisotopic (exact) mass is 126 g/mol. The number of hydrogen-bond donors (Lipinski definition) is 2. The number of rotatable bonds is 2. The molecule has 0 unspecified atom stereocenters. The van der Waals surface area contributed by atoms with Crippen molar-refractivity contribution in [2.24, 2.45) is 11.7 Å². The molecule has 0 saturated heterocycles. The Bertz CT molecular complexity index is 134. The molecule has 0 heterocycles. The fourth-order valence-electron chi connectivity index (χ4n) is 0.539. The second-order valence-electron chi connectivity index (χ2n) is 2.44. The van der Waals surface area contributed by atoms with Gasteiger partial charge in [-0.15, -0.1) is 0 Å². The number of nitrogens with one attached hydrogen (secondary N) is 1. The van der Waals surface area contributed by atoms with Crippen LogP contribution in [0.25, 0.3) is 0 Å². The molecule has 0 saturated carbocycles. The average molecular weight is 126 g/mol. The summed E-state index contributed by atoms with van der Waals surface area (Å²) < 4.78 is 0. The van der Waals surface area contributed by atoms with Crippen LogP contribution in [0.4, 0.5) is 0 Å². The van der Waals surface area contributed by atoms with Crippen LogP contribution in [-0.2, 0) is 0 Å². The summed E-state index contributed by atoms with van der Waals surface area (Å²) in [4.78, 5) is 0. The number of allylic oxidation sites excluding steroid dienone is 2. The van der Waals surface area contributed by atoms with Crippen LogP contribution in [0, 0.1) is 11.3 Å². The van der Waals surface area contributed by atoms with E-state index < -0.39 is 0 Å². The summed E-state index contributed by atoms with van der Waals surface area (Å²) in [5, 5.41) is 6.87. The fraction of sp³-hybridized carbons (Fsp3) is 0.571. The predicted molar refractivity (Wildman–Crippen MR) is 40.5 cm³/mol. The number of hydrogen-bond acceptors (Lipinski definition) is 2. The van der Waals surface area contributed by atoms with Gasteiger partial charge in [-0.05, 0) is 18.4 Å². The third-order valence-corrected chi connectivity index (χ3v) is 1.29. The third-order valence-electron chi connectivity index (χ3n) is 1.29. The van der Waals surface area contributed by atoms with E-state index in [2.05, 4.69) is 0 Å². The van der Waals surface area contributed by atoms with Crippen molar-refractivity contribution in [3.63, 3.8) is 0 Å². The van der Waals surface area contributed by atoms with Gasteiger partial charge in [-0.3, -0.25) is 0 Å². The highest BCUT2D eigenvalue weighted by atomic mass is 14.6. The van der Waals surface area contributed by atoms with Crippen molar-refractivity contribution >= 4 is 6.21 Å². The lowest BCUT2D eigenvalue weighted by molar-refractivity contribution is 0.751. The molecule has 52 valence electrons. The third kappa shape index (κ3) is 2.31. The van der Waals surface area contributed by atoms with E-state index in [1.54, 1.807) is 0 Å². The standard InChI is InChI=1S/C7H14N2/c1-5(2)7(9)6(3)4-8/h4-5,8H,9H2,1-3H3/b7-6-,8-4?. The molecule has 0 aliphatic heterocycles. The van der Waals surface area contributed by atoms with E-state index in [0.717, 1.165) is 11.3 Å². The minimum absolute atomic E-state index is 0.353. The molecule has 0 aliphatic carbocycles. The maximum absolute atomic E-state index is 6.87. The van der Waals surface area contributed by atoms with Crippen molar-refractivity contribution < 1.29 is 0 Å². The molecule has 0 rings (SSSR count). The Morgan fingerprint density at radius 1 is 1.56 bits per heavy atom. The average Bonchev–Trinajstić information content (AvgIpc) is 1.84. The molecule has 0 amide bonds. The summed E-state index contributed by atoms with van der Waals surface area (Å²) in [6.07, 6.45) is 1.29. The molecule has 9 heavy (non-hydrogen) atoms. The van der Waals surface area contributed by atoms with Gasteiger partial charge in [0.25, 0.3) is 0 Å². The van der Waals surface area contributed by atoms with Gasteiger partial charge in [-0.25, -0.2) is 0 Å². The Morgan fingerprint density at radius 3 is 2.11 bits per heavy atom. The van der Waals surface area contributed by atoms with Gasteiger partial charge in [0.05, 0.1) is 0 Å². The Morgan fingerprint density at radius 2 is 2.00 bits per heavy atom. The molecule has 0 spiro atoms. The Balaban J connectivity index is 4.27. The van der Waals surface area contributed by atoms with Crippen molar-refractivity contribution in [1.82, 2.24) is 0 Å². The van der Waals surface area contributed by atoms with Crippen LogP contribution in [-0.4, -0.2) is 6.21 Å². The Kier molecular flexibility index (Phi) is 2.99. The summed E-state index contributed by atoms with van der Waals surface area (Å²) in [5.41, 5.74) is 7.27. The summed E-state index contributed by atoms with van der Waals surface area (Å²) >= 11 is 0. The zero-order chi connectivity index (χ0) is 7.44. The summed E-state index contributed by atoms with van der Waals surface area (Å²) in [7, 11) is 0. The largest absolute Gasteiger partial charge is 0.402 e.